The molecule has 3 heterocycles. The van der Waals surface area contributed by atoms with Crippen LogP contribution in [0.3, 0.4) is 0 Å². The quantitative estimate of drug-likeness (QED) is 0.480. The lowest BCUT2D eigenvalue weighted by Gasteiger charge is -2.27. The molecule has 1 fully saturated rings. The van der Waals surface area contributed by atoms with E-state index in [0.717, 1.165) is 28.8 Å². The fourth-order valence-corrected chi connectivity index (χ4v) is 6.07. The minimum atomic E-state index is -4.66. The molecule has 0 spiro atoms. The number of nitrogens with one attached hydrogen (secondary N) is 1. The van der Waals surface area contributed by atoms with E-state index < -0.39 is 45.8 Å². The summed E-state index contributed by atoms with van der Waals surface area (Å²) in [7, 11) is -4.07. The monoisotopic (exact) mass is 537 g/mol. The van der Waals surface area contributed by atoms with Gasteiger partial charge < -0.3 is 5.32 Å². The van der Waals surface area contributed by atoms with E-state index in [2.05, 4.69) is 20.3 Å². The number of sulfonamides is 1. The number of nitrogens with zero attached hydrogens (tertiary/aromatic N) is 4. The minimum absolute atomic E-state index is 0.0273. The third kappa shape index (κ3) is 5.62. The van der Waals surface area contributed by atoms with Crippen LogP contribution in [0.15, 0.2) is 59.9 Å². The van der Waals surface area contributed by atoms with Crippen molar-refractivity contribution in [1.29, 1.82) is 0 Å². The Balaban J connectivity index is 1.49. The molecule has 8 nitrogen and oxygen atoms in total. The minimum Gasteiger partial charge on any atom is -0.351 e. The number of aromatic nitrogens is 3. The van der Waals surface area contributed by atoms with Crippen LogP contribution in [0.5, 0.6) is 0 Å². The summed E-state index contributed by atoms with van der Waals surface area (Å²) in [4.78, 5) is 23.8. The molecule has 1 aromatic carbocycles. The molecule has 13 heteroatoms. The molecule has 3 atom stereocenters. The third-order valence-electron chi connectivity index (χ3n) is 6.31. The number of carbonyl (C=O) groups is 1. The largest absolute Gasteiger partial charge is 0.451 e. The highest BCUT2D eigenvalue weighted by Crippen LogP contribution is 2.35. The molecule has 1 amide bonds. The van der Waals surface area contributed by atoms with E-state index in [4.69, 9.17) is 0 Å². The number of amides is 1. The Hall–Kier alpha value is -3.45. The van der Waals surface area contributed by atoms with E-state index in [9.17, 15) is 30.8 Å². The first-order valence-corrected chi connectivity index (χ1v) is 12.7. The predicted molar refractivity (Wildman–Crippen MR) is 125 cm³/mol. The van der Waals surface area contributed by atoms with Crippen molar-refractivity contribution in [3.63, 3.8) is 0 Å². The highest BCUT2D eigenvalue weighted by molar-refractivity contribution is 7.89. The van der Waals surface area contributed by atoms with Crippen molar-refractivity contribution in [2.24, 2.45) is 5.92 Å². The van der Waals surface area contributed by atoms with Gasteiger partial charge in [-0.2, -0.15) is 17.5 Å². The molecule has 37 heavy (non-hydrogen) atoms. The second kappa shape index (κ2) is 10.1. The van der Waals surface area contributed by atoms with Crippen LogP contribution in [-0.2, 0) is 27.5 Å². The lowest BCUT2D eigenvalue weighted by Crippen LogP contribution is -2.48. The Kier molecular flexibility index (Phi) is 7.29. The second-order valence-electron chi connectivity index (χ2n) is 8.82. The van der Waals surface area contributed by atoms with Crippen molar-refractivity contribution < 1.29 is 30.8 Å². The van der Waals surface area contributed by atoms with Crippen LogP contribution in [-0.4, -0.2) is 45.7 Å². The first-order valence-electron chi connectivity index (χ1n) is 11.3. The van der Waals surface area contributed by atoms with Gasteiger partial charge in [-0.15, -0.1) is 0 Å². The van der Waals surface area contributed by atoms with Gasteiger partial charge in [0.25, 0.3) is 0 Å². The highest BCUT2D eigenvalue weighted by Gasteiger charge is 2.47. The molecule has 3 aromatic rings. The van der Waals surface area contributed by atoms with E-state index in [1.165, 1.54) is 18.3 Å². The van der Waals surface area contributed by atoms with Crippen LogP contribution in [0.25, 0.3) is 11.3 Å². The number of halogens is 4. The molecule has 2 aromatic heterocycles. The van der Waals surface area contributed by atoms with Gasteiger partial charge in [-0.3, -0.25) is 9.78 Å². The number of rotatable bonds is 6. The maximum Gasteiger partial charge on any atom is 0.451 e. The number of hydrogen-bond donors (Lipinski definition) is 1. The number of pyridine rings is 1. The molecule has 196 valence electrons. The normalized spacial score (nSPS) is 20.6. The van der Waals surface area contributed by atoms with Crippen LogP contribution in [0.4, 0.5) is 17.6 Å². The fraction of sp³-hybridized carbons (Fsp3) is 0.333. The van der Waals surface area contributed by atoms with Crippen molar-refractivity contribution in [2.75, 3.05) is 0 Å². The van der Waals surface area contributed by atoms with Crippen LogP contribution in [0.1, 0.15) is 31.7 Å². The van der Waals surface area contributed by atoms with Crippen LogP contribution >= 0.6 is 0 Å². The lowest BCUT2D eigenvalue weighted by molar-refractivity contribution is -0.145. The SMILES string of the molecule is C[C@H]1C[C@@H](C(=O)NCc2ccnc(-c3cnc(C(F)(F)F)nc3)c2)N(S(=O)(=O)c2ccc(F)cc2)[C@H]1C. The van der Waals surface area contributed by atoms with Crippen LogP contribution in [0, 0.1) is 11.7 Å². The van der Waals surface area contributed by atoms with E-state index in [1.807, 2.05) is 6.92 Å². The zero-order valence-electron chi connectivity index (χ0n) is 19.8. The molecule has 0 radical (unpaired) electrons. The summed E-state index contributed by atoms with van der Waals surface area (Å²) in [6, 6.07) is 6.19. The van der Waals surface area contributed by atoms with Crippen LogP contribution in [0.2, 0.25) is 0 Å². The topological polar surface area (TPSA) is 105 Å². The van der Waals surface area contributed by atoms with Gasteiger partial charge in [0.05, 0.1) is 10.6 Å². The van der Waals surface area contributed by atoms with E-state index in [-0.39, 0.29) is 22.9 Å². The molecular formula is C24H23F4N5O3S. The third-order valence-corrected chi connectivity index (χ3v) is 8.32. The molecule has 1 saturated heterocycles. The smallest absolute Gasteiger partial charge is 0.351 e. The molecule has 4 rings (SSSR count). The summed E-state index contributed by atoms with van der Waals surface area (Å²) in [6.07, 6.45) is -0.900. The van der Waals surface area contributed by atoms with Crippen molar-refractivity contribution >= 4 is 15.9 Å². The van der Waals surface area contributed by atoms with Crippen LogP contribution < -0.4 is 5.32 Å². The zero-order valence-corrected chi connectivity index (χ0v) is 20.6. The first kappa shape index (κ1) is 26.6. The number of benzene rings is 1. The van der Waals surface area contributed by atoms with Crippen molar-refractivity contribution in [3.05, 3.63) is 72.2 Å². The maximum absolute atomic E-state index is 13.3. The Morgan fingerprint density at radius 3 is 2.35 bits per heavy atom. The predicted octanol–water partition coefficient (Wildman–Crippen LogP) is 3.80. The summed E-state index contributed by atoms with van der Waals surface area (Å²) in [5.74, 6) is -2.44. The average Bonchev–Trinajstić information content (AvgIpc) is 3.17. The summed E-state index contributed by atoms with van der Waals surface area (Å²) < 4.78 is 79.3. The summed E-state index contributed by atoms with van der Waals surface area (Å²) in [6.45, 7) is 3.60. The zero-order chi connectivity index (χ0) is 27.0. The second-order valence-corrected chi connectivity index (χ2v) is 10.7. The lowest BCUT2D eigenvalue weighted by atomic mass is 10.0. The van der Waals surface area contributed by atoms with Crippen molar-refractivity contribution in [2.45, 2.75) is 50.0 Å². The molecule has 0 aliphatic carbocycles. The van der Waals surface area contributed by atoms with Gasteiger partial charge in [0.2, 0.25) is 21.8 Å². The molecule has 1 aliphatic heterocycles. The fourth-order valence-electron chi connectivity index (χ4n) is 4.18. The molecule has 1 aliphatic rings. The number of hydrogen-bond acceptors (Lipinski definition) is 6. The Labute approximate surface area is 210 Å². The molecule has 0 unspecified atom stereocenters. The van der Waals surface area contributed by atoms with E-state index in [0.29, 0.717) is 17.7 Å². The maximum atomic E-state index is 13.3. The first-order chi connectivity index (χ1) is 17.4. The van der Waals surface area contributed by atoms with Gasteiger partial charge in [-0.1, -0.05) is 6.92 Å². The summed E-state index contributed by atoms with van der Waals surface area (Å²) >= 11 is 0. The van der Waals surface area contributed by atoms with Gasteiger partial charge >= 0.3 is 6.18 Å². The van der Waals surface area contributed by atoms with Gasteiger partial charge in [-0.05, 0) is 61.2 Å². The van der Waals surface area contributed by atoms with Gasteiger partial charge in [0.15, 0.2) is 0 Å². The Morgan fingerprint density at radius 2 is 1.73 bits per heavy atom. The van der Waals surface area contributed by atoms with Crippen molar-refractivity contribution in [1.82, 2.24) is 24.6 Å². The van der Waals surface area contributed by atoms with Crippen molar-refractivity contribution in [3.8, 4) is 11.3 Å². The number of carbonyl (C=O) groups excluding carboxylic acids is 1. The number of alkyl halides is 3. The molecular weight excluding hydrogens is 514 g/mol. The molecule has 0 bridgehead atoms. The van der Waals surface area contributed by atoms with Gasteiger partial charge in [-0.25, -0.2) is 22.8 Å². The van der Waals surface area contributed by atoms with E-state index in [1.54, 1.807) is 19.1 Å². The average molecular weight is 538 g/mol. The van der Waals surface area contributed by atoms with Gasteiger partial charge in [0.1, 0.15) is 11.9 Å². The summed E-state index contributed by atoms with van der Waals surface area (Å²) in [5.41, 5.74) is 1.16. The highest BCUT2D eigenvalue weighted by atomic mass is 32.2. The molecule has 0 saturated carbocycles. The van der Waals surface area contributed by atoms with E-state index >= 15 is 0 Å². The Bertz CT molecular complexity index is 1380. The molecule has 1 N–H and O–H groups in total. The summed E-state index contributed by atoms with van der Waals surface area (Å²) in [5, 5.41) is 2.74. The van der Waals surface area contributed by atoms with Gasteiger partial charge in [0, 0.05) is 36.7 Å². The Morgan fingerprint density at radius 1 is 1.08 bits per heavy atom. The standard InChI is InChI=1S/C24H23F4N5O3S/c1-14-9-21(33(15(14)2)37(35,36)19-5-3-18(25)4-6-19)22(34)30-11-16-7-8-29-20(10-16)17-12-31-23(32-13-17)24(26,27)28/h3-8,10,12-15,21H,9,11H2,1-2H3,(H,30,34)/t14-,15-,21-/m0/s1.